The van der Waals surface area contributed by atoms with Gasteiger partial charge < -0.3 is 10.4 Å². The van der Waals surface area contributed by atoms with Crippen molar-refractivity contribution in [2.24, 2.45) is 5.41 Å². The molecule has 2 rings (SSSR count). The molecular formula is C12H22N4O. The molecule has 1 saturated heterocycles. The molecule has 5 nitrogen and oxygen atoms in total. The summed E-state index contributed by atoms with van der Waals surface area (Å²) in [4.78, 5) is 4.34. The van der Waals surface area contributed by atoms with Crippen molar-refractivity contribution in [1.29, 1.82) is 0 Å². The van der Waals surface area contributed by atoms with Crippen molar-refractivity contribution in [2.75, 3.05) is 19.7 Å². The highest BCUT2D eigenvalue weighted by Crippen LogP contribution is 2.32. The summed E-state index contributed by atoms with van der Waals surface area (Å²) in [6, 6.07) is 0.324. The maximum Gasteiger partial charge on any atom is 0.138 e. The predicted molar refractivity (Wildman–Crippen MR) is 65.7 cm³/mol. The molecule has 5 heteroatoms. The van der Waals surface area contributed by atoms with Crippen molar-refractivity contribution in [2.45, 2.75) is 39.2 Å². The summed E-state index contributed by atoms with van der Waals surface area (Å²) >= 11 is 0. The molecule has 0 spiro atoms. The maximum absolute atomic E-state index is 9.68. The van der Waals surface area contributed by atoms with Gasteiger partial charge in [-0.1, -0.05) is 0 Å². The smallest absolute Gasteiger partial charge is 0.138 e. The van der Waals surface area contributed by atoms with Crippen molar-refractivity contribution >= 4 is 0 Å². The van der Waals surface area contributed by atoms with Crippen LogP contribution in [0.2, 0.25) is 0 Å². The molecule has 96 valence electrons. The van der Waals surface area contributed by atoms with E-state index in [1.165, 1.54) is 0 Å². The van der Waals surface area contributed by atoms with Crippen LogP contribution >= 0.6 is 0 Å². The molecule has 0 atom stereocenters. The summed E-state index contributed by atoms with van der Waals surface area (Å²) in [7, 11) is 0. The predicted octanol–water partition coefficient (Wildman–Crippen LogP) is 0.764. The Labute approximate surface area is 102 Å². The van der Waals surface area contributed by atoms with E-state index < -0.39 is 0 Å². The van der Waals surface area contributed by atoms with E-state index in [1.807, 2.05) is 4.68 Å². The molecule has 1 aliphatic rings. The molecule has 17 heavy (non-hydrogen) atoms. The molecule has 0 aromatic carbocycles. The second kappa shape index (κ2) is 5.14. The van der Waals surface area contributed by atoms with E-state index >= 15 is 0 Å². The van der Waals surface area contributed by atoms with Gasteiger partial charge in [0.2, 0.25) is 0 Å². The molecule has 2 N–H and O–H groups in total. The summed E-state index contributed by atoms with van der Waals surface area (Å²) in [5.41, 5.74) is -0.00900. The van der Waals surface area contributed by atoms with Crippen LogP contribution in [0.4, 0.5) is 0 Å². The number of piperidine rings is 1. The fourth-order valence-electron chi connectivity index (χ4n) is 2.52. The summed E-state index contributed by atoms with van der Waals surface area (Å²) < 4.78 is 1.96. The number of aromatic nitrogens is 3. The van der Waals surface area contributed by atoms with Gasteiger partial charge in [-0.3, -0.25) is 0 Å². The van der Waals surface area contributed by atoms with Crippen LogP contribution in [0.1, 0.15) is 38.6 Å². The average Bonchev–Trinajstić information content (AvgIpc) is 2.78. The monoisotopic (exact) mass is 238 g/mol. The third-order valence-electron chi connectivity index (χ3n) is 3.67. The Morgan fingerprint density at radius 3 is 2.76 bits per heavy atom. The Kier molecular flexibility index (Phi) is 3.79. The average molecular weight is 238 g/mol. The van der Waals surface area contributed by atoms with Crippen molar-refractivity contribution in [3.8, 4) is 0 Å². The van der Waals surface area contributed by atoms with E-state index in [0.29, 0.717) is 6.04 Å². The third-order valence-corrected chi connectivity index (χ3v) is 3.67. The number of aliphatic hydroxyl groups is 1. The topological polar surface area (TPSA) is 63.0 Å². The summed E-state index contributed by atoms with van der Waals surface area (Å²) in [5, 5.41) is 17.3. The van der Waals surface area contributed by atoms with Crippen molar-refractivity contribution < 1.29 is 5.11 Å². The van der Waals surface area contributed by atoms with E-state index in [4.69, 9.17) is 0 Å². The van der Waals surface area contributed by atoms with Gasteiger partial charge in [0.05, 0.1) is 0 Å². The molecule has 0 unspecified atom stereocenters. The molecule has 0 aliphatic carbocycles. The van der Waals surface area contributed by atoms with Gasteiger partial charge in [0.15, 0.2) is 0 Å². The Morgan fingerprint density at radius 1 is 1.47 bits per heavy atom. The minimum Gasteiger partial charge on any atom is -0.396 e. The van der Waals surface area contributed by atoms with Crippen molar-refractivity contribution in [3.63, 3.8) is 0 Å². The zero-order chi connectivity index (χ0) is 12.3. The lowest BCUT2D eigenvalue weighted by molar-refractivity contribution is 0.0857. The van der Waals surface area contributed by atoms with Crippen LogP contribution in [-0.4, -0.2) is 39.6 Å². The molecule has 0 saturated carbocycles. The van der Waals surface area contributed by atoms with E-state index in [1.54, 1.807) is 6.33 Å². The van der Waals surface area contributed by atoms with E-state index in [2.05, 4.69) is 29.2 Å². The lowest BCUT2D eigenvalue weighted by atomic mass is 9.76. The van der Waals surface area contributed by atoms with Crippen LogP contribution in [-0.2, 0) is 6.42 Å². The van der Waals surface area contributed by atoms with Gasteiger partial charge in [0.1, 0.15) is 12.2 Å². The molecule has 1 aromatic rings. The molecular weight excluding hydrogens is 216 g/mol. The van der Waals surface area contributed by atoms with Crippen LogP contribution in [0, 0.1) is 5.41 Å². The fourth-order valence-corrected chi connectivity index (χ4v) is 2.52. The largest absolute Gasteiger partial charge is 0.396 e. The Hall–Kier alpha value is -0.940. The van der Waals surface area contributed by atoms with Crippen LogP contribution in [0.3, 0.4) is 0 Å². The van der Waals surface area contributed by atoms with E-state index in [9.17, 15) is 5.11 Å². The molecule has 0 radical (unpaired) electrons. The van der Waals surface area contributed by atoms with Gasteiger partial charge in [0, 0.05) is 24.5 Å². The minimum absolute atomic E-state index is 0.00900. The molecule has 0 bridgehead atoms. The highest BCUT2D eigenvalue weighted by atomic mass is 16.3. The highest BCUT2D eigenvalue weighted by molar-refractivity contribution is 4.97. The second-order valence-electron chi connectivity index (χ2n) is 5.30. The zero-order valence-corrected chi connectivity index (χ0v) is 10.7. The Balaban J connectivity index is 2.14. The maximum atomic E-state index is 9.68. The number of rotatable bonds is 4. The second-order valence-corrected chi connectivity index (χ2v) is 5.30. The van der Waals surface area contributed by atoms with Crippen LogP contribution in [0.5, 0.6) is 0 Å². The third kappa shape index (κ3) is 2.66. The van der Waals surface area contributed by atoms with Gasteiger partial charge in [-0.05, 0) is 39.8 Å². The molecule has 1 aromatic heterocycles. The van der Waals surface area contributed by atoms with Crippen LogP contribution in [0.15, 0.2) is 6.33 Å². The SMILES string of the molecule is CC(C)n1ncnc1CC1(CO)CCNCC1. The highest BCUT2D eigenvalue weighted by Gasteiger charge is 2.33. The molecule has 2 heterocycles. The molecule has 1 fully saturated rings. The summed E-state index contributed by atoms with van der Waals surface area (Å²) in [6.45, 7) is 6.41. The number of nitrogens with zero attached hydrogens (tertiary/aromatic N) is 3. The Bertz CT molecular complexity index is 355. The first kappa shape index (κ1) is 12.5. The van der Waals surface area contributed by atoms with Crippen molar-refractivity contribution in [1.82, 2.24) is 20.1 Å². The first-order valence-electron chi connectivity index (χ1n) is 6.37. The number of aliphatic hydroxyl groups excluding tert-OH is 1. The summed E-state index contributed by atoms with van der Waals surface area (Å²) in [5.74, 6) is 0.996. The van der Waals surface area contributed by atoms with Gasteiger partial charge in [-0.25, -0.2) is 9.67 Å². The standard InChI is InChI=1S/C12H22N4O/c1-10(2)16-11(14-9-15-16)7-12(8-17)3-5-13-6-4-12/h9-10,13,17H,3-8H2,1-2H3. The normalized spacial score (nSPS) is 19.8. The number of hydrogen-bond acceptors (Lipinski definition) is 4. The lowest BCUT2D eigenvalue weighted by Gasteiger charge is -2.35. The molecule has 1 aliphatic heterocycles. The van der Waals surface area contributed by atoms with Crippen LogP contribution < -0.4 is 5.32 Å². The van der Waals surface area contributed by atoms with Crippen LogP contribution in [0.25, 0.3) is 0 Å². The molecule has 0 amide bonds. The summed E-state index contributed by atoms with van der Waals surface area (Å²) in [6.07, 6.45) is 4.45. The number of nitrogens with one attached hydrogen (secondary N) is 1. The van der Waals surface area contributed by atoms with Gasteiger partial charge >= 0.3 is 0 Å². The van der Waals surface area contributed by atoms with E-state index in [0.717, 1.165) is 38.2 Å². The quantitative estimate of drug-likeness (QED) is 0.813. The van der Waals surface area contributed by atoms with Gasteiger partial charge in [0.25, 0.3) is 0 Å². The Morgan fingerprint density at radius 2 is 2.18 bits per heavy atom. The van der Waals surface area contributed by atoms with Gasteiger partial charge in [-0.2, -0.15) is 5.10 Å². The fraction of sp³-hybridized carbons (Fsp3) is 0.833. The zero-order valence-electron chi connectivity index (χ0n) is 10.7. The minimum atomic E-state index is -0.00900. The first-order chi connectivity index (χ1) is 8.17. The number of hydrogen-bond donors (Lipinski definition) is 2. The van der Waals surface area contributed by atoms with Crippen molar-refractivity contribution in [3.05, 3.63) is 12.2 Å². The van der Waals surface area contributed by atoms with E-state index in [-0.39, 0.29) is 12.0 Å². The van der Waals surface area contributed by atoms with Gasteiger partial charge in [-0.15, -0.1) is 0 Å². The first-order valence-corrected chi connectivity index (χ1v) is 6.37. The lowest BCUT2D eigenvalue weighted by Crippen LogP contribution is -2.41.